The number of hydrogen-bond acceptors (Lipinski definition) is 4. The van der Waals surface area contributed by atoms with Gasteiger partial charge in [0.25, 0.3) is 5.91 Å². The Morgan fingerprint density at radius 3 is 2.65 bits per heavy atom. The zero-order valence-corrected chi connectivity index (χ0v) is 16.4. The molecule has 140 valence electrons. The fourth-order valence-electron chi connectivity index (χ4n) is 3.71. The van der Waals surface area contributed by atoms with E-state index in [1.54, 1.807) is 23.6 Å². The molecule has 2 atom stereocenters. The minimum absolute atomic E-state index is 0.0363. The third-order valence-electron chi connectivity index (χ3n) is 5.11. The van der Waals surface area contributed by atoms with E-state index in [1.165, 1.54) is 12.0 Å². The van der Waals surface area contributed by atoms with Crippen LogP contribution in [-0.2, 0) is 20.7 Å². The summed E-state index contributed by atoms with van der Waals surface area (Å²) in [5.74, 6) is -0.352. The molecule has 1 amide bonds. The third-order valence-corrected chi connectivity index (χ3v) is 6.51. The molecule has 0 N–H and O–H groups in total. The van der Waals surface area contributed by atoms with Gasteiger partial charge in [-0.3, -0.25) is 9.59 Å². The summed E-state index contributed by atoms with van der Waals surface area (Å²) in [5, 5.41) is 0.372. The summed E-state index contributed by atoms with van der Waals surface area (Å²) in [6, 6.07) is 8.46. The Morgan fingerprint density at radius 1 is 1.23 bits per heavy atom. The molecule has 1 aromatic carbocycles. The summed E-state index contributed by atoms with van der Waals surface area (Å²) < 4.78 is 5.09. The van der Waals surface area contributed by atoms with Gasteiger partial charge in [-0.1, -0.05) is 44.0 Å². The summed E-state index contributed by atoms with van der Waals surface area (Å²) in [6.07, 6.45) is 7.34. The Bertz CT molecular complexity index is 683. The fraction of sp³-hybridized carbons (Fsp3) is 0.524. The van der Waals surface area contributed by atoms with Crippen LogP contribution >= 0.6 is 11.8 Å². The lowest BCUT2D eigenvalue weighted by molar-refractivity contribution is -0.149. The van der Waals surface area contributed by atoms with Crippen molar-refractivity contribution in [1.82, 2.24) is 4.90 Å². The first-order valence-electron chi connectivity index (χ1n) is 9.56. The lowest BCUT2D eigenvalue weighted by atomic mass is 9.93. The van der Waals surface area contributed by atoms with Crippen LogP contribution < -0.4 is 0 Å². The standard InChI is InChI=1S/C21H27NO3S/c1-3-15-9-11-16(12-10-15)13-19-21(24)22(14-20(23)25-4-2)17-7-5-6-8-18(17)26-19/h9-13,17-18H,3-8,14H2,1-2H3/b19-13-. The zero-order valence-electron chi connectivity index (χ0n) is 15.6. The second kappa shape index (κ2) is 8.76. The largest absolute Gasteiger partial charge is 0.465 e. The predicted molar refractivity (Wildman–Crippen MR) is 106 cm³/mol. The molecule has 1 heterocycles. The molecule has 1 saturated carbocycles. The Balaban J connectivity index is 1.84. The van der Waals surface area contributed by atoms with E-state index in [1.807, 2.05) is 6.08 Å². The number of fused-ring (bicyclic) bond motifs is 1. The molecule has 2 aliphatic rings. The molecule has 0 radical (unpaired) electrons. The number of esters is 1. The van der Waals surface area contributed by atoms with E-state index in [0.717, 1.165) is 36.2 Å². The van der Waals surface area contributed by atoms with E-state index < -0.39 is 0 Å². The monoisotopic (exact) mass is 373 g/mol. The maximum atomic E-state index is 13.1. The molecule has 2 unspecified atom stereocenters. The van der Waals surface area contributed by atoms with Crippen LogP contribution in [0.25, 0.3) is 6.08 Å². The second-order valence-corrected chi connectivity index (χ2v) is 8.13. The van der Waals surface area contributed by atoms with Crippen LogP contribution in [0.15, 0.2) is 29.2 Å². The average Bonchev–Trinajstić information content (AvgIpc) is 2.66. The normalized spacial score (nSPS) is 24.5. The molecule has 26 heavy (non-hydrogen) atoms. The highest BCUT2D eigenvalue weighted by atomic mass is 32.2. The lowest BCUT2D eigenvalue weighted by Gasteiger charge is -2.43. The summed E-state index contributed by atoms with van der Waals surface area (Å²) in [7, 11) is 0. The first-order valence-corrected chi connectivity index (χ1v) is 10.4. The van der Waals surface area contributed by atoms with Gasteiger partial charge in [0.1, 0.15) is 6.54 Å². The number of rotatable bonds is 5. The first kappa shape index (κ1) is 19.0. The van der Waals surface area contributed by atoms with Gasteiger partial charge in [0, 0.05) is 11.3 Å². The number of thioether (sulfide) groups is 1. The highest BCUT2D eigenvalue weighted by molar-refractivity contribution is 8.04. The van der Waals surface area contributed by atoms with E-state index in [2.05, 4.69) is 31.2 Å². The molecule has 1 aliphatic carbocycles. The number of ether oxygens (including phenoxy) is 1. The fourth-order valence-corrected chi connectivity index (χ4v) is 5.18. The summed E-state index contributed by atoms with van der Waals surface area (Å²) >= 11 is 1.69. The van der Waals surface area contributed by atoms with Crippen molar-refractivity contribution in [2.24, 2.45) is 0 Å². The van der Waals surface area contributed by atoms with Gasteiger partial charge in [-0.2, -0.15) is 0 Å². The van der Waals surface area contributed by atoms with Gasteiger partial charge in [-0.05, 0) is 43.4 Å². The average molecular weight is 374 g/mol. The number of hydrogen-bond donors (Lipinski definition) is 0. The molecule has 4 nitrogen and oxygen atoms in total. The van der Waals surface area contributed by atoms with Crippen LogP contribution in [0.1, 0.15) is 50.7 Å². The van der Waals surface area contributed by atoms with Crippen molar-refractivity contribution in [3.63, 3.8) is 0 Å². The molecular weight excluding hydrogens is 346 g/mol. The van der Waals surface area contributed by atoms with Gasteiger partial charge in [0.2, 0.25) is 0 Å². The highest BCUT2D eigenvalue weighted by Crippen LogP contribution is 2.42. The van der Waals surface area contributed by atoms with Crippen LogP contribution in [0, 0.1) is 0 Å². The quantitative estimate of drug-likeness (QED) is 0.577. The number of benzene rings is 1. The van der Waals surface area contributed by atoms with Crippen LogP contribution in [0.5, 0.6) is 0 Å². The van der Waals surface area contributed by atoms with Gasteiger partial charge in [0.05, 0.1) is 11.5 Å². The molecule has 0 spiro atoms. The first-order chi connectivity index (χ1) is 12.6. The predicted octanol–water partition coefficient (Wildman–Crippen LogP) is 4.04. The highest BCUT2D eigenvalue weighted by Gasteiger charge is 2.41. The van der Waals surface area contributed by atoms with Gasteiger partial charge >= 0.3 is 5.97 Å². The second-order valence-electron chi connectivity index (χ2n) is 6.85. The Hall–Kier alpha value is -1.75. The molecular formula is C21H27NO3S. The van der Waals surface area contributed by atoms with E-state index >= 15 is 0 Å². The molecule has 1 saturated heterocycles. The number of aryl methyl sites for hydroxylation is 1. The minimum atomic E-state index is -0.316. The molecule has 2 fully saturated rings. The Kier molecular flexibility index (Phi) is 6.41. The van der Waals surface area contributed by atoms with E-state index in [0.29, 0.717) is 11.9 Å². The van der Waals surface area contributed by atoms with Crippen molar-refractivity contribution in [2.75, 3.05) is 13.2 Å². The molecule has 3 rings (SSSR count). The van der Waals surface area contributed by atoms with Crippen LogP contribution in [0.2, 0.25) is 0 Å². The summed E-state index contributed by atoms with van der Waals surface area (Å²) in [6.45, 7) is 4.32. The van der Waals surface area contributed by atoms with Crippen molar-refractivity contribution in [1.29, 1.82) is 0 Å². The van der Waals surface area contributed by atoms with E-state index in [4.69, 9.17) is 4.74 Å². The molecule has 5 heteroatoms. The number of nitrogens with zero attached hydrogens (tertiary/aromatic N) is 1. The molecule has 1 aliphatic heterocycles. The summed E-state index contributed by atoms with van der Waals surface area (Å²) in [5.41, 5.74) is 2.31. The van der Waals surface area contributed by atoms with Gasteiger partial charge in [0.15, 0.2) is 0 Å². The van der Waals surface area contributed by atoms with Crippen LogP contribution in [0.3, 0.4) is 0 Å². The van der Waals surface area contributed by atoms with Crippen molar-refractivity contribution >= 4 is 29.7 Å². The zero-order chi connectivity index (χ0) is 18.5. The molecule has 0 aromatic heterocycles. The smallest absolute Gasteiger partial charge is 0.325 e. The number of carbonyl (C=O) groups excluding carboxylic acids is 2. The maximum absolute atomic E-state index is 13.1. The topological polar surface area (TPSA) is 46.6 Å². The maximum Gasteiger partial charge on any atom is 0.325 e. The van der Waals surface area contributed by atoms with Crippen molar-refractivity contribution in [3.05, 3.63) is 40.3 Å². The van der Waals surface area contributed by atoms with E-state index in [9.17, 15) is 9.59 Å². The van der Waals surface area contributed by atoms with Gasteiger partial charge in [-0.25, -0.2) is 0 Å². The minimum Gasteiger partial charge on any atom is -0.465 e. The number of carbonyl (C=O) groups is 2. The van der Waals surface area contributed by atoms with Crippen molar-refractivity contribution in [2.45, 2.75) is 57.2 Å². The van der Waals surface area contributed by atoms with E-state index in [-0.39, 0.29) is 24.5 Å². The molecule has 1 aromatic rings. The SMILES string of the molecule is CCOC(=O)CN1C(=O)/C(=C/c2ccc(CC)cc2)SC2CCCCC21. The third kappa shape index (κ3) is 4.32. The van der Waals surface area contributed by atoms with Crippen LogP contribution in [0.4, 0.5) is 0 Å². The Labute approximate surface area is 160 Å². The van der Waals surface area contributed by atoms with Gasteiger partial charge < -0.3 is 9.64 Å². The Morgan fingerprint density at radius 2 is 1.96 bits per heavy atom. The molecule has 0 bridgehead atoms. The van der Waals surface area contributed by atoms with Crippen LogP contribution in [-0.4, -0.2) is 41.2 Å². The van der Waals surface area contributed by atoms with Crippen molar-refractivity contribution < 1.29 is 14.3 Å². The van der Waals surface area contributed by atoms with Gasteiger partial charge in [-0.15, -0.1) is 11.8 Å². The summed E-state index contributed by atoms with van der Waals surface area (Å²) in [4.78, 5) is 27.6. The lowest BCUT2D eigenvalue weighted by Crippen LogP contribution is -2.53. The van der Waals surface area contributed by atoms with Crippen molar-refractivity contribution in [3.8, 4) is 0 Å². The number of amides is 1.